The van der Waals surface area contributed by atoms with Gasteiger partial charge in [-0.3, -0.25) is 19.5 Å². The van der Waals surface area contributed by atoms with Gasteiger partial charge in [0.15, 0.2) is 0 Å². The Bertz CT molecular complexity index is 1500. The Labute approximate surface area is 292 Å². The highest BCUT2D eigenvalue weighted by atomic mass is 27.2. The Kier molecular flexibility index (Phi) is 11.3. The number of nitrogens with zero attached hydrogens (tertiary/aromatic N) is 4. The molecule has 0 unspecified atom stereocenters. The van der Waals surface area contributed by atoms with Crippen molar-refractivity contribution in [3.05, 3.63) is 57.6 Å². The van der Waals surface area contributed by atoms with Gasteiger partial charge < -0.3 is 7.58 Å². The molecule has 0 saturated carbocycles. The summed E-state index contributed by atoms with van der Waals surface area (Å²) in [6.45, 7) is 26.5. The van der Waals surface area contributed by atoms with Gasteiger partial charge in [0.1, 0.15) is 0 Å². The minimum Gasteiger partial charge on any atom is -0.614 e. The second kappa shape index (κ2) is 14.9. The quantitative estimate of drug-likeness (QED) is 0.250. The second-order valence-electron chi connectivity index (χ2n) is 16.9. The molecule has 3 heterocycles. The fourth-order valence-corrected chi connectivity index (χ4v) is 7.99. The average molecular weight is 656 g/mol. The molecule has 7 heteroatoms. The van der Waals surface area contributed by atoms with E-state index in [1.54, 1.807) is 5.84 Å². The van der Waals surface area contributed by atoms with Gasteiger partial charge in [0, 0.05) is 36.4 Å². The highest BCUT2D eigenvalue weighted by Gasteiger charge is 2.29. The lowest BCUT2D eigenvalue weighted by Crippen LogP contribution is -2.44. The standard InChI is InChI=1S/C40H60N4O2.Al.H/c1-38(2,3)32-23-29(15-13-20-44-22-14-21-43-19-12-10-11-16-35(43)44)36(45)30(24-32)27-41-17-18-42-28-31-25-33(39(4,5)6)26-34(37(31)46)40(7,8)9;;/h23-28H,10-22H2,1-9H3,(H-,41,42,45,46);;/q;+2;/p-1. The zero-order valence-corrected chi connectivity index (χ0v) is 32.4. The molecule has 0 fully saturated rings. The van der Waals surface area contributed by atoms with E-state index in [1.807, 2.05) is 12.4 Å². The first-order valence-electron chi connectivity index (χ1n) is 18.2. The molecule has 0 N–H and O–H groups in total. The predicted octanol–water partition coefficient (Wildman–Crippen LogP) is 7.78. The maximum Gasteiger partial charge on any atom is 0.832 e. The summed E-state index contributed by atoms with van der Waals surface area (Å²) >= 11 is -1.44. The van der Waals surface area contributed by atoms with Crippen LogP contribution in [0.2, 0.25) is 0 Å². The molecule has 3 aliphatic rings. The lowest BCUT2D eigenvalue weighted by molar-refractivity contribution is -0.539. The summed E-state index contributed by atoms with van der Waals surface area (Å²) in [5.41, 5.74) is 7.16. The summed E-state index contributed by atoms with van der Waals surface area (Å²) in [6.07, 6.45) is 12.6. The van der Waals surface area contributed by atoms with Crippen LogP contribution in [0.3, 0.4) is 0 Å². The van der Waals surface area contributed by atoms with E-state index in [2.05, 4.69) is 96.1 Å². The third-order valence-electron chi connectivity index (χ3n) is 9.87. The van der Waals surface area contributed by atoms with E-state index >= 15 is 0 Å². The molecule has 0 aromatic heterocycles. The summed E-state index contributed by atoms with van der Waals surface area (Å²) in [7, 11) is 0. The molecule has 2 aromatic rings. The van der Waals surface area contributed by atoms with Crippen molar-refractivity contribution in [1.82, 2.24) is 4.90 Å². The van der Waals surface area contributed by atoms with Crippen LogP contribution in [0.1, 0.15) is 134 Å². The summed E-state index contributed by atoms with van der Waals surface area (Å²) < 4.78 is 16.3. The number of aryl methyl sites for hydroxylation is 1. The molecule has 3 aliphatic heterocycles. The minimum atomic E-state index is -1.44. The number of fused-ring (bicyclic) bond motifs is 2. The molecular formula is C40H60AlN4O2+. The first-order valence-corrected chi connectivity index (χ1v) is 19.3. The average Bonchev–Trinajstić information content (AvgIpc) is 3.23. The highest BCUT2D eigenvalue weighted by molar-refractivity contribution is 6.21. The SMILES string of the molecule is CC(C)(C)c1cc2c(c(CCCN3CCC[N+]4=C3CCCCC4)c1)[O][AlH][O]c1c(cc(C(C)(C)C)cc1C(C)(C)C)C=NCCN=C2. The Morgan fingerprint density at radius 3 is 2.00 bits per heavy atom. The van der Waals surface area contributed by atoms with Crippen molar-refractivity contribution in [2.24, 2.45) is 9.98 Å². The Balaban J connectivity index is 1.47. The van der Waals surface area contributed by atoms with E-state index in [4.69, 9.17) is 17.6 Å². The molecule has 0 atom stereocenters. The minimum absolute atomic E-state index is 0.0159. The Morgan fingerprint density at radius 1 is 0.723 bits per heavy atom. The lowest BCUT2D eigenvalue weighted by atomic mass is 9.79. The zero-order chi connectivity index (χ0) is 33.8. The molecule has 254 valence electrons. The van der Waals surface area contributed by atoms with Crippen LogP contribution in [0.15, 0.2) is 34.3 Å². The monoisotopic (exact) mass is 655 g/mol. The normalized spacial score (nSPS) is 17.9. The molecule has 47 heavy (non-hydrogen) atoms. The van der Waals surface area contributed by atoms with Crippen LogP contribution in [0.4, 0.5) is 0 Å². The Morgan fingerprint density at radius 2 is 1.34 bits per heavy atom. The number of amidine groups is 1. The highest BCUT2D eigenvalue weighted by Crippen LogP contribution is 2.38. The fraction of sp³-hybridized carbons (Fsp3) is 0.625. The van der Waals surface area contributed by atoms with E-state index in [0.717, 1.165) is 42.0 Å². The number of hydrogen-bond donors (Lipinski definition) is 0. The maximum absolute atomic E-state index is 6.82. The molecule has 0 saturated heterocycles. The molecule has 0 aliphatic carbocycles. The summed E-state index contributed by atoms with van der Waals surface area (Å²) in [4.78, 5) is 12.4. The maximum atomic E-state index is 6.82. The van der Waals surface area contributed by atoms with Crippen molar-refractivity contribution in [3.63, 3.8) is 0 Å². The van der Waals surface area contributed by atoms with Crippen molar-refractivity contribution < 1.29 is 12.2 Å². The van der Waals surface area contributed by atoms with Gasteiger partial charge in [0.05, 0.1) is 50.8 Å². The molecule has 0 amide bonds. The molecule has 0 bridgehead atoms. The van der Waals surface area contributed by atoms with Crippen LogP contribution in [0, 0.1) is 0 Å². The van der Waals surface area contributed by atoms with Crippen LogP contribution in [0.25, 0.3) is 0 Å². The summed E-state index contributed by atoms with van der Waals surface area (Å²) in [5, 5.41) is 0. The third kappa shape index (κ3) is 9.09. The van der Waals surface area contributed by atoms with Crippen LogP contribution in [-0.2, 0) is 22.7 Å². The van der Waals surface area contributed by atoms with Crippen LogP contribution in [-0.4, -0.2) is 82.9 Å². The summed E-state index contributed by atoms with van der Waals surface area (Å²) in [6, 6.07) is 9.28. The van der Waals surface area contributed by atoms with Crippen molar-refractivity contribution in [1.29, 1.82) is 0 Å². The number of aliphatic imine (C=N–C) groups is 2. The third-order valence-corrected chi connectivity index (χ3v) is 10.7. The summed E-state index contributed by atoms with van der Waals surface area (Å²) in [5.74, 6) is 3.48. The zero-order valence-electron chi connectivity index (χ0n) is 31.0. The molecule has 6 nitrogen and oxygen atoms in total. The lowest BCUT2D eigenvalue weighted by Gasteiger charge is -2.29. The van der Waals surface area contributed by atoms with Gasteiger partial charge >= 0.3 is 15.9 Å². The van der Waals surface area contributed by atoms with Gasteiger partial charge in [-0.25, -0.2) is 0 Å². The van der Waals surface area contributed by atoms with Gasteiger partial charge in [0.25, 0.3) is 0 Å². The van der Waals surface area contributed by atoms with Crippen molar-refractivity contribution in [2.75, 3.05) is 39.3 Å². The molecule has 0 spiro atoms. The fourth-order valence-electron chi connectivity index (χ4n) is 7.02. The van der Waals surface area contributed by atoms with Gasteiger partial charge in [-0.15, -0.1) is 0 Å². The predicted molar refractivity (Wildman–Crippen MR) is 200 cm³/mol. The smallest absolute Gasteiger partial charge is 0.614 e. The van der Waals surface area contributed by atoms with Crippen LogP contribution >= 0.6 is 0 Å². The first kappa shape index (κ1) is 35.7. The van der Waals surface area contributed by atoms with Crippen molar-refractivity contribution in [3.8, 4) is 11.5 Å². The van der Waals surface area contributed by atoms with Gasteiger partial charge in [-0.2, -0.15) is 0 Å². The van der Waals surface area contributed by atoms with Crippen LogP contribution < -0.4 is 7.58 Å². The van der Waals surface area contributed by atoms with Gasteiger partial charge in [-0.1, -0.05) is 74.4 Å². The van der Waals surface area contributed by atoms with Crippen molar-refractivity contribution in [2.45, 2.75) is 124 Å². The van der Waals surface area contributed by atoms with E-state index in [-0.39, 0.29) is 16.2 Å². The second-order valence-corrected chi connectivity index (χ2v) is 17.7. The van der Waals surface area contributed by atoms with E-state index in [1.165, 1.54) is 74.0 Å². The van der Waals surface area contributed by atoms with Gasteiger partial charge in [0.2, 0.25) is 5.84 Å². The van der Waals surface area contributed by atoms with E-state index < -0.39 is 15.9 Å². The molecule has 2 aromatic carbocycles. The number of benzene rings is 2. The topological polar surface area (TPSA) is 49.4 Å². The molecular weight excluding hydrogens is 595 g/mol. The van der Waals surface area contributed by atoms with E-state index in [0.29, 0.717) is 13.1 Å². The number of rotatable bonds is 4. The van der Waals surface area contributed by atoms with E-state index in [9.17, 15) is 0 Å². The van der Waals surface area contributed by atoms with Crippen molar-refractivity contribution >= 4 is 34.2 Å². The first-order chi connectivity index (χ1) is 22.2. The largest absolute Gasteiger partial charge is 0.832 e. The van der Waals surface area contributed by atoms with Crippen LogP contribution in [0.5, 0.6) is 11.5 Å². The van der Waals surface area contributed by atoms with Gasteiger partial charge in [-0.05, 0) is 82.7 Å². The molecule has 5 rings (SSSR count). The molecule has 0 radical (unpaired) electrons. The number of hydrogen-bond acceptors (Lipinski definition) is 5. The Hall–Kier alpha value is -2.62.